The molecule has 110 valence electrons. The van der Waals surface area contributed by atoms with Crippen LogP contribution in [0.15, 0.2) is 48.5 Å². The van der Waals surface area contributed by atoms with Crippen molar-refractivity contribution in [1.29, 1.82) is 0 Å². The van der Waals surface area contributed by atoms with Crippen LogP contribution in [0.5, 0.6) is 5.75 Å². The van der Waals surface area contributed by atoms with Gasteiger partial charge in [0.15, 0.2) is 0 Å². The minimum Gasteiger partial charge on any atom is -0.508 e. The highest BCUT2D eigenvalue weighted by Gasteiger charge is 2.09. The Kier molecular flexibility index (Phi) is 4.48. The molecular formula is C17H20N2O2. The number of nitrogens with one attached hydrogen (secondary N) is 1. The van der Waals surface area contributed by atoms with E-state index in [1.807, 2.05) is 31.2 Å². The number of amides is 1. The molecule has 0 fully saturated rings. The second kappa shape index (κ2) is 6.31. The molecule has 0 aliphatic carbocycles. The van der Waals surface area contributed by atoms with E-state index in [-0.39, 0.29) is 17.7 Å². The van der Waals surface area contributed by atoms with Crippen molar-refractivity contribution in [2.75, 3.05) is 19.4 Å². The molecular weight excluding hydrogens is 264 g/mol. The molecule has 1 amide bonds. The maximum Gasteiger partial charge on any atom is 0.253 e. The molecule has 21 heavy (non-hydrogen) atoms. The van der Waals surface area contributed by atoms with Gasteiger partial charge in [0, 0.05) is 31.4 Å². The molecule has 0 aliphatic heterocycles. The van der Waals surface area contributed by atoms with Crippen LogP contribution >= 0.6 is 0 Å². The van der Waals surface area contributed by atoms with E-state index in [1.165, 1.54) is 0 Å². The van der Waals surface area contributed by atoms with Crippen molar-refractivity contribution in [3.63, 3.8) is 0 Å². The maximum atomic E-state index is 11.8. The summed E-state index contributed by atoms with van der Waals surface area (Å²) in [6.07, 6.45) is 0. The van der Waals surface area contributed by atoms with E-state index in [1.54, 1.807) is 43.3 Å². The van der Waals surface area contributed by atoms with Crippen LogP contribution < -0.4 is 5.32 Å². The first-order valence-corrected chi connectivity index (χ1v) is 6.84. The van der Waals surface area contributed by atoms with Crippen molar-refractivity contribution < 1.29 is 9.90 Å². The van der Waals surface area contributed by atoms with Gasteiger partial charge in [-0.1, -0.05) is 12.1 Å². The summed E-state index contributed by atoms with van der Waals surface area (Å²) in [7, 11) is 3.47. The molecule has 2 aromatic rings. The number of nitrogens with zero attached hydrogens (tertiary/aromatic N) is 1. The van der Waals surface area contributed by atoms with Gasteiger partial charge in [-0.2, -0.15) is 0 Å². The Morgan fingerprint density at radius 2 is 1.81 bits per heavy atom. The van der Waals surface area contributed by atoms with Crippen LogP contribution in [0.3, 0.4) is 0 Å². The second-order valence-corrected chi connectivity index (χ2v) is 5.24. The monoisotopic (exact) mass is 284 g/mol. The van der Waals surface area contributed by atoms with E-state index in [0.29, 0.717) is 5.56 Å². The Bertz CT molecular complexity index is 621. The normalized spacial score (nSPS) is 11.8. The van der Waals surface area contributed by atoms with Crippen LogP contribution in [-0.4, -0.2) is 30.0 Å². The molecule has 0 radical (unpaired) electrons. The summed E-state index contributed by atoms with van der Waals surface area (Å²) in [4.78, 5) is 13.4. The standard InChI is InChI=1S/C17H20N2O2/c1-12(14-5-4-6-16(20)11-14)18-15-9-7-13(8-10-15)17(21)19(2)3/h4-12,18,20H,1-3H3. The minimum absolute atomic E-state index is 0.0115. The van der Waals surface area contributed by atoms with Crippen molar-refractivity contribution in [3.05, 3.63) is 59.7 Å². The number of carbonyl (C=O) groups is 1. The number of rotatable bonds is 4. The van der Waals surface area contributed by atoms with Crippen LogP contribution in [0.1, 0.15) is 28.9 Å². The summed E-state index contributed by atoms with van der Waals surface area (Å²) in [6, 6.07) is 14.6. The first-order valence-electron chi connectivity index (χ1n) is 6.84. The number of phenolic OH excluding ortho intramolecular Hbond substituents is 1. The Morgan fingerprint density at radius 1 is 1.14 bits per heavy atom. The quantitative estimate of drug-likeness (QED) is 0.906. The van der Waals surface area contributed by atoms with E-state index < -0.39 is 0 Å². The summed E-state index contributed by atoms with van der Waals surface area (Å²) < 4.78 is 0. The average molecular weight is 284 g/mol. The van der Waals surface area contributed by atoms with E-state index in [2.05, 4.69) is 5.32 Å². The molecule has 1 unspecified atom stereocenters. The van der Waals surface area contributed by atoms with E-state index >= 15 is 0 Å². The largest absolute Gasteiger partial charge is 0.508 e. The fraction of sp³-hybridized carbons (Fsp3) is 0.235. The fourth-order valence-corrected chi connectivity index (χ4v) is 2.09. The summed E-state index contributed by atoms with van der Waals surface area (Å²) >= 11 is 0. The van der Waals surface area contributed by atoms with Gasteiger partial charge in [-0.3, -0.25) is 4.79 Å². The summed E-state index contributed by atoms with van der Waals surface area (Å²) in [5.41, 5.74) is 2.60. The highest BCUT2D eigenvalue weighted by atomic mass is 16.3. The van der Waals surface area contributed by atoms with E-state index in [9.17, 15) is 9.90 Å². The van der Waals surface area contributed by atoms with Gasteiger partial charge in [-0.05, 0) is 48.9 Å². The smallest absolute Gasteiger partial charge is 0.253 e. The van der Waals surface area contributed by atoms with Gasteiger partial charge in [0.2, 0.25) is 0 Å². The molecule has 4 nitrogen and oxygen atoms in total. The van der Waals surface area contributed by atoms with Gasteiger partial charge in [-0.25, -0.2) is 0 Å². The molecule has 2 rings (SSSR count). The first-order chi connectivity index (χ1) is 9.97. The third-order valence-corrected chi connectivity index (χ3v) is 3.29. The van der Waals surface area contributed by atoms with Gasteiger partial charge in [0.1, 0.15) is 5.75 Å². The highest BCUT2D eigenvalue weighted by molar-refractivity contribution is 5.94. The number of phenols is 1. The second-order valence-electron chi connectivity index (χ2n) is 5.24. The Balaban J connectivity index is 2.08. The lowest BCUT2D eigenvalue weighted by Gasteiger charge is -2.16. The van der Waals surface area contributed by atoms with Crippen LogP contribution in [0.4, 0.5) is 5.69 Å². The molecule has 1 atom stereocenters. The van der Waals surface area contributed by atoms with Gasteiger partial charge in [0.25, 0.3) is 5.91 Å². The Morgan fingerprint density at radius 3 is 2.38 bits per heavy atom. The summed E-state index contributed by atoms with van der Waals surface area (Å²) in [6.45, 7) is 2.02. The van der Waals surface area contributed by atoms with Crippen LogP contribution in [-0.2, 0) is 0 Å². The predicted octanol–water partition coefficient (Wildman–Crippen LogP) is 3.27. The van der Waals surface area contributed by atoms with Crippen molar-refractivity contribution in [2.45, 2.75) is 13.0 Å². The van der Waals surface area contributed by atoms with Crippen molar-refractivity contribution in [3.8, 4) is 5.75 Å². The molecule has 0 saturated carbocycles. The number of hydrogen-bond acceptors (Lipinski definition) is 3. The molecule has 0 spiro atoms. The minimum atomic E-state index is -0.0115. The van der Waals surface area contributed by atoms with Crippen molar-refractivity contribution in [1.82, 2.24) is 4.90 Å². The zero-order chi connectivity index (χ0) is 15.4. The number of anilines is 1. The van der Waals surface area contributed by atoms with Gasteiger partial charge >= 0.3 is 0 Å². The van der Waals surface area contributed by atoms with E-state index in [4.69, 9.17) is 0 Å². The third-order valence-electron chi connectivity index (χ3n) is 3.29. The Labute approximate surface area is 125 Å². The van der Waals surface area contributed by atoms with Crippen LogP contribution in [0, 0.1) is 0 Å². The first kappa shape index (κ1) is 14.9. The molecule has 2 N–H and O–H groups in total. The molecule has 0 heterocycles. The van der Waals surface area contributed by atoms with Crippen LogP contribution in [0.2, 0.25) is 0 Å². The van der Waals surface area contributed by atoms with Crippen molar-refractivity contribution >= 4 is 11.6 Å². The zero-order valence-electron chi connectivity index (χ0n) is 12.5. The lowest BCUT2D eigenvalue weighted by molar-refractivity contribution is 0.0827. The molecule has 2 aromatic carbocycles. The molecule has 4 heteroatoms. The van der Waals surface area contributed by atoms with Gasteiger partial charge in [-0.15, -0.1) is 0 Å². The molecule has 0 bridgehead atoms. The average Bonchev–Trinajstić information content (AvgIpc) is 2.47. The number of benzene rings is 2. The molecule has 0 saturated heterocycles. The van der Waals surface area contributed by atoms with Gasteiger partial charge < -0.3 is 15.3 Å². The Hall–Kier alpha value is -2.49. The molecule has 0 aromatic heterocycles. The SMILES string of the molecule is CC(Nc1ccc(C(=O)N(C)C)cc1)c1cccc(O)c1. The molecule has 0 aliphatic rings. The number of aromatic hydroxyl groups is 1. The summed E-state index contributed by atoms with van der Waals surface area (Å²) in [5.74, 6) is 0.246. The highest BCUT2D eigenvalue weighted by Crippen LogP contribution is 2.22. The lowest BCUT2D eigenvalue weighted by atomic mass is 10.1. The lowest BCUT2D eigenvalue weighted by Crippen LogP contribution is -2.21. The van der Waals surface area contributed by atoms with Gasteiger partial charge in [0.05, 0.1) is 0 Å². The topological polar surface area (TPSA) is 52.6 Å². The number of carbonyl (C=O) groups excluding carboxylic acids is 1. The van der Waals surface area contributed by atoms with E-state index in [0.717, 1.165) is 11.3 Å². The van der Waals surface area contributed by atoms with Crippen LogP contribution in [0.25, 0.3) is 0 Å². The summed E-state index contributed by atoms with van der Waals surface area (Å²) in [5, 5.41) is 12.9. The maximum absolute atomic E-state index is 11.8. The fourth-order valence-electron chi connectivity index (χ4n) is 2.09. The van der Waals surface area contributed by atoms with Crippen molar-refractivity contribution in [2.24, 2.45) is 0 Å². The third kappa shape index (κ3) is 3.75. The zero-order valence-corrected chi connectivity index (χ0v) is 12.5. The predicted molar refractivity (Wildman–Crippen MR) is 84.6 cm³/mol. The number of hydrogen-bond donors (Lipinski definition) is 2.